The van der Waals surface area contributed by atoms with Crippen molar-refractivity contribution in [2.75, 3.05) is 23.8 Å². The summed E-state index contributed by atoms with van der Waals surface area (Å²) in [7, 11) is 0. The number of ether oxygens (including phenoxy) is 2. The van der Waals surface area contributed by atoms with Crippen LogP contribution in [0.5, 0.6) is 5.75 Å². The molecule has 4 heterocycles. The summed E-state index contributed by atoms with van der Waals surface area (Å²) in [4.78, 5) is 18.1. The topological polar surface area (TPSA) is 106 Å². The van der Waals surface area contributed by atoms with Gasteiger partial charge in [0.15, 0.2) is 10.6 Å². The second-order valence-electron chi connectivity index (χ2n) is 9.57. The van der Waals surface area contributed by atoms with Crippen molar-refractivity contribution in [3.63, 3.8) is 0 Å². The number of fused-ring (bicyclic) bond motifs is 3. The van der Waals surface area contributed by atoms with Crippen molar-refractivity contribution in [1.29, 1.82) is 0 Å². The highest BCUT2D eigenvalue weighted by molar-refractivity contribution is 7.23. The molecule has 0 radical (unpaired) electrons. The van der Waals surface area contributed by atoms with E-state index in [1.807, 2.05) is 4.40 Å². The summed E-state index contributed by atoms with van der Waals surface area (Å²) in [6.07, 6.45) is -8.38. The van der Waals surface area contributed by atoms with E-state index >= 15 is 4.39 Å². The first-order valence-electron chi connectivity index (χ1n) is 15.8. The van der Waals surface area contributed by atoms with E-state index in [0.717, 1.165) is 10.2 Å². The lowest BCUT2D eigenvalue weighted by Crippen LogP contribution is -2.56. The molecule has 1 aliphatic heterocycles. The predicted octanol–water partition coefficient (Wildman–Crippen LogP) is 6.95. The summed E-state index contributed by atoms with van der Waals surface area (Å²) in [6, 6.07) is 11.4. The van der Waals surface area contributed by atoms with Crippen LogP contribution in [0.2, 0.25) is 0 Å². The average Bonchev–Trinajstić information content (AvgIpc) is 3.76. The van der Waals surface area contributed by atoms with Gasteiger partial charge in [0.05, 0.1) is 15.9 Å². The molecule has 5 aromatic rings. The fourth-order valence-electron chi connectivity index (χ4n) is 4.41. The molecule has 1 aliphatic rings. The molecule has 10 nitrogen and oxygen atoms in total. The number of hydrogen-bond acceptors (Lipinski definition) is 8. The van der Waals surface area contributed by atoms with Gasteiger partial charge < -0.3 is 19.3 Å². The van der Waals surface area contributed by atoms with Gasteiger partial charge in [0.2, 0.25) is 31.2 Å². The Kier molecular flexibility index (Phi) is 6.14. The number of thiazole rings is 1. The van der Waals surface area contributed by atoms with E-state index in [-0.39, 0.29) is 6.61 Å². The van der Waals surface area contributed by atoms with E-state index in [1.54, 1.807) is 48.7 Å². The van der Waals surface area contributed by atoms with Crippen molar-refractivity contribution in [3.05, 3.63) is 60.4 Å². The molecule has 3 aromatic heterocycles. The molecule has 2 amide bonds. The third-order valence-electron chi connectivity index (χ3n) is 6.55. The van der Waals surface area contributed by atoms with Gasteiger partial charge in [-0.15, -0.1) is 0 Å². The number of nitrogens with one attached hydrogen (secondary N) is 2. The van der Waals surface area contributed by atoms with Crippen LogP contribution in [-0.4, -0.2) is 63.9 Å². The Bertz CT molecular complexity index is 1980. The summed E-state index contributed by atoms with van der Waals surface area (Å²) < 4.78 is 131. The van der Waals surface area contributed by atoms with E-state index in [2.05, 4.69) is 25.5 Å². The quantitative estimate of drug-likeness (QED) is 0.139. The van der Waals surface area contributed by atoms with E-state index < -0.39 is 68.8 Å². The van der Waals surface area contributed by atoms with Gasteiger partial charge in [-0.3, -0.25) is 9.72 Å². The van der Waals surface area contributed by atoms with Crippen LogP contribution in [0, 0.1) is 0 Å². The predicted molar refractivity (Wildman–Crippen MR) is 152 cm³/mol. The molecule has 6 rings (SSSR count). The van der Waals surface area contributed by atoms with Gasteiger partial charge in [-0.2, -0.15) is 0 Å². The second-order valence-corrected chi connectivity index (χ2v) is 10.6. The third-order valence-corrected chi connectivity index (χ3v) is 7.57. The number of alkyl halides is 5. The minimum atomic E-state index is -3.83. The number of urea groups is 1. The van der Waals surface area contributed by atoms with Gasteiger partial charge >= 0.3 is 6.03 Å². The number of anilines is 2. The molecular weight excluding hydrogens is 611 g/mol. The van der Waals surface area contributed by atoms with Gasteiger partial charge in [-0.1, -0.05) is 28.6 Å². The van der Waals surface area contributed by atoms with Crippen LogP contribution in [0.4, 0.5) is 38.3 Å². The average molecular weight is 643 g/mol. The van der Waals surface area contributed by atoms with Gasteiger partial charge in [0.1, 0.15) is 18.1 Å². The summed E-state index contributed by atoms with van der Waals surface area (Å²) in [5.74, 6) is -0.119. The minimum absolute atomic E-state index is 0.245. The molecule has 2 N–H and O–H groups in total. The van der Waals surface area contributed by atoms with Crippen LogP contribution in [0.25, 0.3) is 26.4 Å². The summed E-state index contributed by atoms with van der Waals surface area (Å²) >= 11 is 1.33. The lowest BCUT2D eigenvalue weighted by molar-refractivity contribution is -0.292. The first-order chi connectivity index (χ1) is 23.5. The molecule has 4 atom stereocenters. The number of carbonyl (C=O) groups is 1. The van der Waals surface area contributed by atoms with Crippen LogP contribution >= 0.6 is 11.3 Å². The monoisotopic (exact) mass is 642 g/mol. The van der Waals surface area contributed by atoms with Crippen molar-refractivity contribution < 1.29 is 49.0 Å². The molecule has 2 aromatic carbocycles. The normalized spacial score (nSPS) is 23.8. The molecule has 0 spiro atoms. The highest BCUT2D eigenvalue weighted by Gasteiger charge is 2.45. The van der Waals surface area contributed by atoms with Gasteiger partial charge in [-0.25, -0.2) is 36.6 Å². The molecular formula is C28H25F5N6O4S. The standard InChI is InChI=1S/C28H25F5N6O4S/c1-28(2,33)20-12-21(43-37-20)36-26(40)34-15-5-3-14(4-6-15)17-13-39-18-8-7-16(11-19(18)44-27(39)35-17)41-10-9-38-22(29)24(31)42-25(32)23(38)30/h3-8,11-13,22-25H,9-10H2,1-2H3,(H2,34,36,40)/i1D3,2D3. The maximum Gasteiger partial charge on any atom is 0.326 e. The van der Waals surface area contributed by atoms with E-state index in [9.17, 15) is 22.4 Å². The maximum atomic E-state index is 15.3. The lowest BCUT2D eigenvalue weighted by Gasteiger charge is -2.36. The summed E-state index contributed by atoms with van der Waals surface area (Å²) in [5.41, 5.74) is -2.45. The Morgan fingerprint density at radius 2 is 1.84 bits per heavy atom. The Labute approximate surface area is 258 Å². The SMILES string of the molecule is [2H]C([2H])([2H])C(F)(c1cc(NC(=O)Nc2ccc(-c3cn4c(n3)sc3cc(OCCN5C(F)C(F)OC(F)C5F)ccc34)cc2)on1)C([2H])([2H])[2H]. The number of nitrogens with zero attached hydrogens (tertiary/aromatic N) is 4. The van der Waals surface area contributed by atoms with Crippen molar-refractivity contribution in [3.8, 4) is 17.0 Å². The zero-order valence-corrected chi connectivity index (χ0v) is 23.0. The number of aromatic nitrogens is 3. The molecule has 44 heavy (non-hydrogen) atoms. The fraction of sp³-hybridized carbons (Fsp3) is 0.321. The molecule has 16 heteroatoms. The van der Waals surface area contributed by atoms with Crippen molar-refractivity contribution in [2.24, 2.45) is 0 Å². The van der Waals surface area contributed by atoms with Crippen molar-refractivity contribution >= 4 is 44.1 Å². The highest BCUT2D eigenvalue weighted by atomic mass is 32.1. The van der Waals surface area contributed by atoms with Crippen molar-refractivity contribution in [2.45, 2.75) is 44.7 Å². The first-order valence-corrected chi connectivity index (χ1v) is 13.6. The van der Waals surface area contributed by atoms with Crippen LogP contribution in [-0.2, 0) is 10.4 Å². The van der Waals surface area contributed by atoms with Crippen LogP contribution in [0.1, 0.15) is 27.6 Å². The Morgan fingerprint density at radius 1 is 1.09 bits per heavy atom. The molecule has 0 bridgehead atoms. The summed E-state index contributed by atoms with van der Waals surface area (Å²) in [6.45, 7) is -7.87. The van der Waals surface area contributed by atoms with Crippen LogP contribution < -0.4 is 15.4 Å². The van der Waals surface area contributed by atoms with Gasteiger partial charge in [0.25, 0.3) is 0 Å². The number of rotatable bonds is 8. The number of benzene rings is 2. The zero-order valence-electron chi connectivity index (χ0n) is 28.1. The smallest absolute Gasteiger partial charge is 0.326 e. The largest absolute Gasteiger partial charge is 0.492 e. The van der Waals surface area contributed by atoms with Crippen molar-refractivity contribution in [1.82, 2.24) is 19.4 Å². The maximum absolute atomic E-state index is 15.3. The fourth-order valence-corrected chi connectivity index (χ4v) is 5.45. The van der Waals surface area contributed by atoms with E-state index in [4.69, 9.17) is 17.5 Å². The zero-order chi connectivity index (χ0) is 36.2. The number of amides is 2. The molecule has 4 unspecified atom stereocenters. The Balaban J connectivity index is 1.07. The molecule has 0 saturated carbocycles. The summed E-state index contributed by atoms with van der Waals surface area (Å²) in [5, 5.41) is 7.93. The first kappa shape index (κ1) is 23.1. The molecule has 1 fully saturated rings. The van der Waals surface area contributed by atoms with Crippen LogP contribution in [0.3, 0.4) is 0 Å². The van der Waals surface area contributed by atoms with E-state index in [1.165, 1.54) is 11.3 Å². The second kappa shape index (κ2) is 11.7. The van der Waals surface area contributed by atoms with Gasteiger partial charge in [-0.05, 0) is 44.0 Å². The number of hydrogen-bond donors (Lipinski definition) is 2. The number of imidazole rings is 1. The Hall–Kier alpha value is -4.28. The minimum Gasteiger partial charge on any atom is -0.492 e. The highest BCUT2D eigenvalue weighted by Crippen LogP contribution is 2.33. The number of halogens is 5. The molecule has 232 valence electrons. The van der Waals surface area contributed by atoms with Gasteiger partial charge in [0, 0.05) is 38.3 Å². The lowest BCUT2D eigenvalue weighted by atomic mass is 10.1. The molecule has 0 aliphatic carbocycles. The Morgan fingerprint density at radius 3 is 2.57 bits per heavy atom. The molecule has 1 saturated heterocycles. The number of carbonyl (C=O) groups excluding carboxylic acids is 1. The van der Waals surface area contributed by atoms with Crippen LogP contribution in [0.15, 0.2) is 59.3 Å². The third kappa shape index (κ3) is 6.05. The number of morpholine rings is 1. The van der Waals surface area contributed by atoms with E-state index in [0.29, 0.717) is 38.6 Å².